The number of rotatable bonds is 10. The number of aromatic hydroxyl groups is 1. The maximum absolute atomic E-state index is 13.0. The minimum Gasteiger partial charge on any atom is -0.507 e. The van der Waals surface area contributed by atoms with Gasteiger partial charge in [-0.1, -0.05) is 18.2 Å². The maximum Gasteiger partial charge on any atom is 0.229 e. The summed E-state index contributed by atoms with van der Waals surface area (Å²) in [6.45, 7) is -1.26. The standard InChI is InChI=1S/C28H34O15/c1-39-17-9-14(41-28-26(38)24(36)22(34)19(11-30)43-28)8-16(32)20(17)15(31)7-4-12-2-5-13(6-3-12)40-27-25(37)23(35)21(33)18(10-29)42-27/h2-9,18-19,21-30,32-38H,10-11H2,1H3/b7-4+/t18-,19-,21+,22+,23+,24-,25+,26-,27+,28+/m0/s1. The highest BCUT2D eigenvalue weighted by molar-refractivity contribution is 6.10. The highest BCUT2D eigenvalue weighted by atomic mass is 16.7. The molecule has 0 unspecified atom stereocenters. The van der Waals surface area contributed by atoms with E-state index in [1.807, 2.05) is 0 Å². The lowest BCUT2D eigenvalue weighted by Gasteiger charge is -2.39. The number of allylic oxidation sites excluding steroid dienone is 1. The van der Waals surface area contributed by atoms with Gasteiger partial charge < -0.3 is 69.6 Å². The fourth-order valence-electron chi connectivity index (χ4n) is 4.56. The van der Waals surface area contributed by atoms with E-state index < -0.39 is 86.2 Å². The van der Waals surface area contributed by atoms with Gasteiger partial charge in [-0.15, -0.1) is 0 Å². The molecule has 15 nitrogen and oxygen atoms in total. The third-order valence-electron chi connectivity index (χ3n) is 7.03. The zero-order valence-electron chi connectivity index (χ0n) is 22.8. The monoisotopic (exact) mass is 610 g/mol. The van der Waals surface area contributed by atoms with Crippen molar-refractivity contribution in [3.8, 4) is 23.0 Å². The molecule has 4 rings (SSSR count). The van der Waals surface area contributed by atoms with Gasteiger partial charge in [0.1, 0.15) is 77.4 Å². The van der Waals surface area contributed by atoms with Crippen LogP contribution < -0.4 is 14.2 Å². The van der Waals surface area contributed by atoms with Gasteiger partial charge in [0.2, 0.25) is 12.6 Å². The Morgan fingerprint density at radius 3 is 1.77 bits per heavy atom. The molecule has 9 N–H and O–H groups in total. The summed E-state index contributed by atoms with van der Waals surface area (Å²) in [4.78, 5) is 13.0. The third kappa shape index (κ3) is 7.08. The van der Waals surface area contributed by atoms with Crippen molar-refractivity contribution in [2.45, 2.75) is 61.4 Å². The molecule has 236 valence electrons. The fourth-order valence-corrected chi connectivity index (χ4v) is 4.56. The summed E-state index contributed by atoms with van der Waals surface area (Å²) >= 11 is 0. The van der Waals surface area contributed by atoms with Crippen molar-refractivity contribution in [2.75, 3.05) is 20.3 Å². The molecule has 10 atom stereocenters. The lowest BCUT2D eigenvalue weighted by atomic mass is 9.99. The molecule has 0 aromatic heterocycles. The summed E-state index contributed by atoms with van der Waals surface area (Å²) in [5.74, 6) is -1.14. The fraction of sp³-hybridized carbons (Fsp3) is 0.464. The predicted octanol–water partition coefficient (Wildman–Crippen LogP) is -2.35. The molecule has 2 fully saturated rings. The number of ether oxygens (including phenoxy) is 5. The van der Waals surface area contributed by atoms with Crippen molar-refractivity contribution in [3.63, 3.8) is 0 Å². The van der Waals surface area contributed by atoms with Gasteiger partial charge in [-0.3, -0.25) is 4.79 Å². The molecule has 0 aliphatic carbocycles. The van der Waals surface area contributed by atoms with E-state index in [0.29, 0.717) is 5.56 Å². The second-order valence-electron chi connectivity index (χ2n) is 9.92. The van der Waals surface area contributed by atoms with Crippen LogP contribution in [0.3, 0.4) is 0 Å². The van der Waals surface area contributed by atoms with Gasteiger partial charge >= 0.3 is 0 Å². The molecule has 2 heterocycles. The molecule has 0 bridgehead atoms. The Kier molecular flexibility index (Phi) is 10.6. The first-order valence-corrected chi connectivity index (χ1v) is 13.2. The lowest BCUT2D eigenvalue weighted by Crippen LogP contribution is -2.60. The molecule has 15 heteroatoms. The molecule has 0 spiro atoms. The van der Waals surface area contributed by atoms with Crippen LogP contribution >= 0.6 is 0 Å². The van der Waals surface area contributed by atoms with E-state index in [1.165, 1.54) is 37.5 Å². The van der Waals surface area contributed by atoms with E-state index in [4.69, 9.17) is 23.7 Å². The first kappa shape index (κ1) is 32.6. The van der Waals surface area contributed by atoms with E-state index in [1.54, 1.807) is 12.1 Å². The number of phenols is 1. The van der Waals surface area contributed by atoms with Crippen LogP contribution in [0.4, 0.5) is 0 Å². The van der Waals surface area contributed by atoms with Crippen LogP contribution in [0.15, 0.2) is 42.5 Å². The van der Waals surface area contributed by atoms with Crippen LogP contribution in [0.2, 0.25) is 0 Å². The van der Waals surface area contributed by atoms with E-state index in [0.717, 1.165) is 6.07 Å². The number of aliphatic hydroxyl groups is 8. The van der Waals surface area contributed by atoms with Gasteiger partial charge in [0.25, 0.3) is 0 Å². The summed E-state index contributed by atoms with van der Waals surface area (Å²) in [7, 11) is 1.25. The number of methoxy groups -OCH3 is 1. The van der Waals surface area contributed by atoms with Gasteiger partial charge in [-0.2, -0.15) is 0 Å². The Morgan fingerprint density at radius 1 is 0.767 bits per heavy atom. The number of carbonyl (C=O) groups is 1. The molecule has 43 heavy (non-hydrogen) atoms. The normalized spacial score (nSPS) is 32.9. The zero-order chi connectivity index (χ0) is 31.4. The van der Waals surface area contributed by atoms with Crippen molar-refractivity contribution in [1.29, 1.82) is 0 Å². The molecule has 0 amide bonds. The topological polar surface area (TPSA) is 245 Å². The number of aliphatic hydroxyl groups excluding tert-OH is 8. The molecular formula is C28H34O15. The zero-order valence-corrected chi connectivity index (χ0v) is 22.8. The summed E-state index contributed by atoms with van der Waals surface area (Å²) in [6, 6.07) is 8.43. The molecule has 2 aliphatic heterocycles. The summed E-state index contributed by atoms with van der Waals surface area (Å²) in [5.41, 5.74) is 0.331. The van der Waals surface area contributed by atoms with Gasteiger partial charge in [-0.25, -0.2) is 0 Å². The number of benzene rings is 2. The maximum atomic E-state index is 13.0. The van der Waals surface area contributed by atoms with Crippen LogP contribution in [0.5, 0.6) is 23.0 Å². The van der Waals surface area contributed by atoms with Crippen LogP contribution in [0.25, 0.3) is 6.08 Å². The number of hydrogen-bond donors (Lipinski definition) is 9. The van der Waals surface area contributed by atoms with E-state index in [-0.39, 0.29) is 22.8 Å². The van der Waals surface area contributed by atoms with Crippen molar-refractivity contribution in [1.82, 2.24) is 0 Å². The quantitative estimate of drug-likeness (QED) is 0.101. The van der Waals surface area contributed by atoms with Crippen molar-refractivity contribution >= 4 is 11.9 Å². The molecule has 2 aliphatic rings. The third-order valence-corrected chi connectivity index (χ3v) is 7.03. The van der Waals surface area contributed by atoms with Crippen LogP contribution in [-0.2, 0) is 9.47 Å². The minimum atomic E-state index is -1.69. The van der Waals surface area contributed by atoms with Gasteiger partial charge in [0, 0.05) is 12.1 Å². The smallest absolute Gasteiger partial charge is 0.229 e. The minimum absolute atomic E-state index is 0.0856. The molecule has 0 radical (unpaired) electrons. The van der Waals surface area contributed by atoms with Crippen LogP contribution in [0, 0.1) is 0 Å². The second-order valence-corrected chi connectivity index (χ2v) is 9.92. The highest BCUT2D eigenvalue weighted by Gasteiger charge is 2.46. The first-order valence-electron chi connectivity index (χ1n) is 13.2. The average molecular weight is 611 g/mol. The van der Waals surface area contributed by atoms with Crippen LogP contribution in [-0.4, -0.2) is 133 Å². The Hall–Kier alpha value is -3.35. The van der Waals surface area contributed by atoms with Crippen molar-refractivity contribution < 1.29 is 74.4 Å². The Labute approximate surface area is 245 Å². The largest absolute Gasteiger partial charge is 0.507 e. The number of phenolic OH excluding ortho intramolecular Hbond substituents is 1. The lowest BCUT2D eigenvalue weighted by molar-refractivity contribution is -0.277. The summed E-state index contributed by atoms with van der Waals surface area (Å²) in [6.07, 6.45) is -12.2. The average Bonchev–Trinajstić information content (AvgIpc) is 3.00. The second kappa shape index (κ2) is 14.0. The summed E-state index contributed by atoms with van der Waals surface area (Å²) < 4.78 is 26.9. The Balaban J connectivity index is 1.43. The summed E-state index contributed by atoms with van der Waals surface area (Å²) in [5, 5.41) is 89.3. The van der Waals surface area contributed by atoms with Gasteiger partial charge in [0.15, 0.2) is 5.78 Å². The highest BCUT2D eigenvalue weighted by Crippen LogP contribution is 2.36. The molecule has 2 aromatic carbocycles. The molecule has 0 saturated carbocycles. The van der Waals surface area contributed by atoms with E-state index in [9.17, 15) is 50.8 Å². The van der Waals surface area contributed by atoms with Crippen LogP contribution in [0.1, 0.15) is 15.9 Å². The van der Waals surface area contributed by atoms with Gasteiger partial charge in [0.05, 0.1) is 20.3 Å². The first-order chi connectivity index (χ1) is 20.5. The number of carbonyl (C=O) groups excluding carboxylic acids is 1. The molecule has 2 saturated heterocycles. The number of ketones is 1. The van der Waals surface area contributed by atoms with Crippen molar-refractivity contribution in [3.05, 3.63) is 53.6 Å². The Bertz CT molecular complexity index is 1260. The molecular weight excluding hydrogens is 576 g/mol. The van der Waals surface area contributed by atoms with E-state index in [2.05, 4.69) is 0 Å². The van der Waals surface area contributed by atoms with Gasteiger partial charge in [-0.05, 0) is 23.8 Å². The Morgan fingerprint density at radius 2 is 1.28 bits per heavy atom. The van der Waals surface area contributed by atoms with E-state index >= 15 is 0 Å². The number of hydrogen-bond acceptors (Lipinski definition) is 15. The predicted molar refractivity (Wildman–Crippen MR) is 143 cm³/mol. The molecule has 2 aromatic rings. The SMILES string of the molecule is COc1cc(O[C@@H]2O[C@@H](CO)[C@@H](O)[C@H](O)[C@@H]2O)cc(O)c1C(=O)/C=C/c1ccc(O[C@@H]2O[C@@H](CO)[C@@H](O)[C@@H](O)[C@H]2O)cc1. The van der Waals surface area contributed by atoms with Crippen molar-refractivity contribution in [2.24, 2.45) is 0 Å².